The number of carbonyl (C=O) groups excluding carboxylic acids is 1. The van der Waals surface area contributed by atoms with Gasteiger partial charge >= 0.3 is 12.1 Å². The van der Waals surface area contributed by atoms with Gasteiger partial charge in [0.2, 0.25) is 0 Å². The number of carbonyl (C=O) groups is 1. The zero-order valence-corrected chi connectivity index (χ0v) is 15.3. The molecular formula is C20H30F4O2. The topological polar surface area (TPSA) is 26.3 Å². The van der Waals surface area contributed by atoms with Crippen LogP contribution in [0.1, 0.15) is 77.0 Å². The summed E-state index contributed by atoms with van der Waals surface area (Å²) in [6, 6.07) is 0. The predicted molar refractivity (Wildman–Crippen MR) is 90.2 cm³/mol. The Morgan fingerprint density at radius 2 is 1.46 bits per heavy atom. The van der Waals surface area contributed by atoms with Crippen molar-refractivity contribution < 1.29 is 27.1 Å². The highest BCUT2D eigenvalue weighted by Gasteiger charge is 2.43. The van der Waals surface area contributed by atoms with Crippen molar-refractivity contribution in [3.05, 3.63) is 0 Å². The second-order valence-corrected chi connectivity index (χ2v) is 8.55. The molecule has 3 rings (SSSR count). The molecule has 0 aromatic heterocycles. The molecule has 0 spiro atoms. The summed E-state index contributed by atoms with van der Waals surface area (Å²) in [5.74, 6) is -1.59. The number of hydrogen-bond donors (Lipinski definition) is 0. The van der Waals surface area contributed by atoms with Crippen LogP contribution in [0.25, 0.3) is 0 Å². The van der Waals surface area contributed by atoms with Gasteiger partial charge in [0.05, 0.1) is 11.8 Å². The Morgan fingerprint density at radius 3 is 2.04 bits per heavy atom. The SMILES string of the molecule is O=C(OC1CCC(C(F)(F)F)CC1)C1CCC(C2CCCCC2)CC1F. The summed E-state index contributed by atoms with van der Waals surface area (Å²) in [6.45, 7) is 0. The summed E-state index contributed by atoms with van der Waals surface area (Å²) in [5, 5.41) is 0. The van der Waals surface area contributed by atoms with E-state index in [9.17, 15) is 22.4 Å². The van der Waals surface area contributed by atoms with Crippen LogP contribution in [0.15, 0.2) is 0 Å². The molecular weight excluding hydrogens is 348 g/mol. The van der Waals surface area contributed by atoms with Gasteiger partial charge in [-0.2, -0.15) is 13.2 Å². The van der Waals surface area contributed by atoms with Crippen LogP contribution in [0.3, 0.4) is 0 Å². The van der Waals surface area contributed by atoms with Gasteiger partial charge in [0, 0.05) is 0 Å². The number of alkyl halides is 4. The number of rotatable bonds is 3. The van der Waals surface area contributed by atoms with Crippen molar-refractivity contribution in [1.82, 2.24) is 0 Å². The van der Waals surface area contributed by atoms with Crippen molar-refractivity contribution >= 4 is 5.97 Å². The molecule has 0 bridgehead atoms. The van der Waals surface area contributed by atoms with E-state index in [2.05, 4.69) is 0 Å². The maximum Gasteiger partial charge on any atom is 0.391 e. The van der Waals surface area contributed by atoms with Crippen LogP contribution in [0.5, 0.6) is 0 Å². The average Bonchev–Trinajstić information content (AvgIpc) is 2.62. The highest BCUT2D eigenvalue weighted by Crippen LogP contribution is 2.42. The lowest BCUT2D eigenvalue weighted by Crippen LogP contribution is -2.38. The molecule has 150 valence electrons. The van der Waals surface area contributed by atoms with Crippen LogP contribution >= 0.6 is 0 Å². The summed E-state index contributed by atoms with van der Waals surface area (Å²) >= 11 is 0. The molecule has 6 heteroatoms. The number of halogens is 4. The van der Waals surface area contributed by atoms with Crippen LogP contribution in [0, 0.1) is 23.7 Å². The second kappa shape index (κ2) is 8.47. The largest absolute Gasteiger partial charge is 0.462 e. The summed E-state index contributed by atoms with van der Waals surface area (Å²) in [5.41, 5.74) is 0. The molecule has 0 amide bonds. The van der Waals surface area contributed by atoms with Crippen molar-refractivity contribution in [2.24, 2.45) is 23.7 Å². The zero-order valence-electron chi connectivity index (χ0n) is 15.3. The van der Waals surface area contributed by atoms with Crippen LogP contribution < -0.4 is 0 Å². The fraction of sp³-hybridized carbons (Fsp3) is 0.950. The minimum absolute atomic E-state index is 0.00504. The average molecular weight is 378 g/mol. The van der Waals surface area contributed by atoms with Crippen molar-refractivity contribution in [3.8, 4) is 0 Å². The first kappa shape index (κ1) is 19.9. The van der Waals surface area contributed by atoms with Gasteiger partial charge in [0.25, 0.3) is 0 Å². The molecule has 3 fully saturated rings. The Hall–Kier alpha value is -0.810. The van der Waals surface area contributed by atoms with Crippen LogP contribution in [-0.2, 0) is 9.53 Å². The van der Waals surface area contributed by atoms with Crippen LogP contribution in [0.4, 0.5) is 17.6 Å². The van der Waals surface area contributed by atoms with E-state index >= 15 is 0 Å². The Bertz CT molecular complexity index is 465. The Kier molecular flexibility index (Phi) is 6.50. The van der Waals surface area contributed by atoms with Gasteiger partial charge in [-0.3, -0.25) is 4.79 Å². The summed E-state index contributed by atoms with van der Waals surface area (Å²) in [4.78, 5) is 12.4. The van der Waals surface area contributed by atoms with Crippen molar-refractivity contribution in [2.75, 3.05) is 0 Å². The molecule has 0 N–H and O–H groups in total. The van der Waals surface area contributed by atoms with Crippen LogP contribution in [0.2, 0.25) is 0 Å². The van der Waals surface area contributed by atoms with Crippen molar-refractivity contribution in [2.45, 2.75) is 95.5 Å². The summed E-state index contributed by atoms with van der Waals surface area (Å²) in [6.07, 6.45) is 2.51. The predicted octanol–water partition coefficient (Wildman–Crippen LogP) is 5.99. The molecule has 0 aromatic carbocycles. The van der Waals surface area contributed by atoms with E-state index in [4.69, 9.17) is 4.74 Å². The monoisotopic (exact) mass is 378 g/mol. The molecule has 3 unspecified atom stereocenters. The highest BCUT2D eigenvalue weighted by molar-refractivity contribution is 5.73. The highest BCUT2D eigenvalue weighted by atomic mass is 19.4. The van der Waals surface area contributed by atoms with E-state index in [1.807, 2.05) is 0 Å². The number of esters is 1. The molecule has 0 aromatic rings. The van der Waals surface area contributed by atoms with Gasteiger partial charge in [0.15, 0.2) is 0 Å². The van der Waals surface area contributed by atoms with E-state index in [1.165, 1.54) is 32.1 Å². The third kappa shape index (κ3) is 4.92. The quantitative estimate of drug-likeness (QED) is 0.446. The minimum atomic E-state index is -4.17. The lowest BCUT2D eigenvalue weighted by molar-refractivity contribution is -0.189. The smallest absolute Gasteiger partial charge is 0.391 e. The van der Waals surface area contributed by atoms with E-state index in [0.717, 1.165) is 6.42 Å². The fourth-order valence-corrected chi connectivity index (χ4v) is 5.20. The van der Waals surface area contributed by atoms with E-state index in [0.29, 0.717) is 24.7 Å². The maximum absolute atomic E-state index is 14.6. The molecule has 3 aliphatic carbocycles. The maximum atomic E-state index is 14.6. The Morgan fingerprint density at radius 1 is 0.808 bits per heavy atom. The van der Waals surface area contributed by atoms with E-state index in [1.54, 1.807) is 0 Å². The minimum Gasteiger partial charge on any atom is -0.462 e. The van der Waals surface area contributed by atoms with Gasteiger partial charge in [-0.1, -0.05) is 32.1 Å². The summed E-state index contributed by atoms with van der Waals surface area (Å²) < 4.78 is 58.1. The fourth-order valence-electron chi connectivity index (χ4n) is 5.20. The molecule has 0 aliphatic heterocycles. The molecule has 0 heterocycles. The normalized spacial score (nSPS) is 37.3. The first-order valence-electron chi connectivity index (χ1n) is 10.3. The zero-order chi connectivity index (χ0) is 18.7. The summed E-state index contributed by atoms with van der Waals surface area (Å²) in [7, 11) is 0. The van der Waals surface area contributed by atoms with Crippen molar-refractivity contribution in [3.63, 3.8) is 0 Å². The second-order valence-electron chi connectivity index (χ2n) is 8.55. The van der Waals surface area contributed by atoms with Gasteiger partial charge in [-0.15, -0.1) is 0 Å². The van der Waals surface area contributed by atoms with E-state index in [-0.39, 0.29) is 25.7 Å². The molecule has 0 saturated heterocycles. The Labute approximate surface area is 153 Å². The third-order valence-corrected chi connectivity index (χ3v) is 6.85. The molecule has 0 radical (unpaired) electrons. The molecule has 2 nitrogen and oxygen atoms in total. The number of hydrogen-bond acceptors (Lipinski definition) is 2. The van der Waals surface area contributed by atoms with E-state index < -0.39 is 36.3 Å². The van der Waals surface area contributed by atoms with Gasteiger partial charge in [0.1, 0.15) is 12.3 Å². The first-order valence-corrected chi connectivity index (χ1v) is 10.3. The van der Waals surface area contributed by atoms with Gasteiger partial charge in [-0.05, 0) is 56.8 Å². The molecule has 3 aliphatic rings. The molecule has 3 atom stereocenters. The standard InChI is InChI=1S/C20H30F4O2/c21-18-12-14(13-4-2-1-3-5-13)6-11-17(18)19(25)26-16-9-7-15(8-10-16)20(22,23)24/h13-18H,1-12H2. The van der Waals surface area contributed by atoms with Crippen LogP contribution in [-0.4, -0.2) is 24.4 Å². The molecule has 3 saturated carbocycles. The Balaban J connectivity index is 1.44. The first-order chi connectivity index (χ1) is 12.3. The lowest BCUT2D eigenvalue weighted by atomic mass is 9.70. The van der Waals surface area contributed by atoms with Gasteiger partial charge in [-0.25, -0.2) is 4.39 Å². The van der Waals surface area contributed by atoms with Gasteiger partial charge < -0.3 is 4.74 Å². The molecule has 26 heavy (non-hydrogen) atoms. The third-order valence-electron chi connectivity index (χ3n) is 6.85. The number of ether oxygens (including phenoxy) is 1. The lowest BCUT2D eigenvalue weighted by Gasteiger charge is -2.37. The van der Waals surface area contributed by atoms with Crippen molar-refractivity contribution in [1.29, 1.82) is 0 Å².